The number of nitrogens with zero attached hydrogens (tertiary/aromatic N) is 3. The van der Waals surface area contributed by atoms with E-state index in [9.17, 15) is 9.59 Å². The van der Waals surface area contributed by atoms with E-state index in [0.717, 1.165) is 28.1 Å². The molecule has 0 saturated heterocycles. The average Bonchev–Trinajstić information content (AvgIpc) is 3.41. The topological polar surface area (TPSA) is 86.1 Å². The van der Waals surface area contributed by atoms with Crippen molar-refractivity contribution in [3.05, 3.63) is 71.1 Å². The second kappa shape index (κ2) is 10.0. The van der Waals surface area contributed by atoms with Crippen LogP contribution in [0.5, 0.6) is 0 Å². The van der Waals surface area contributed by atoms with Crippen LogP contribution in [0.25, 0.3) is 22.5 Å². The summed E-state index contributed by atoms with van der Waals surface area (Å²) in [5, 5.41) is 14.3. The van der Waals surface area contributed by atoms with Crippen LogP contribution in [0.2, 0.25) is 0 Å². The highest BCUT2D eigenvalue weighted by molar-refractivity contribution is 7.99. The summed E-state index contributed by atoms with van der Waals surface area (Å²) < 4.78 is 6.83. The SMILES string of the molecule is COC(=O)c1c(-c2ccccc2)csc1NC(=O)CSc1nnc(-c2cccc(C)c2)n1C. The lowest BCUT2D eigenvalue weighted by Crippen LogP contribution is -2.16. The maximum absolute atomic E-state index is 12.7. The molecule has 1 N–H and O–H groups in total. The molecular weight excluding hydrogens is 456 g/mol. The smallest absolute Gasteiger partial charge is 0.341 e. The Bertz CT molecular complexity index is 1300. The molecule has 2 heterocycles. The third kappa shape index (κ3) is 4.99. The van der Waals surface area contributed by atoms with E-state index in [1.165, 1.54) is 30.2 Å². The zero-order valence-electron chi connectivity index (χ0n) is 18.4. The number of carbonyl (C=O) groups excluding carboxylic acids is 2. The van der Waals surface area contributed by atoms with Crippen LogP contribution in [0, 0.1) is 6.92 Å². The Balaban J connectivity index is 1.48. The number of esters is 1. The highest BCUT2D eigenvalue weighted by atomic mass is 32.2. The molecule has 33 heavy (non-hydrogen) atoms. The van der Waals surface area contributed by atoms with Crippen LogP contribution in [-0.4, -0.2) is 39.5 Å². The van der Waals surface area contributed by atoms with Crippen LogP contribution in [0.4, 0.5) is 5.00 Å². The van der Waals surface area contributed by atoms with Crippen LogP contribution in [0.15, 0.2) is 65.1 Å². The summed E-state index contributed by atoms with van der Waals surface area (Å²) in [4.78, 5) is 25.2. The largest absolute Gasteiger partial charge is 0.465 e. The van der Waals surface area contributed by atoms with Crippen molar-refractivity contribution in [2.24, 2.45) is 7.05 Å². The van der Waals surface area contributed by atoms with Crippen LogP contribution in [0.3, 0.4) is 0 Å². The Hall–Kier alpha value is -3.43. The maximum atomic E-state index is 12.7. The van der Waals surface area contributed by atoms with Gasteiger partial charge in [-0.2, -0.15) is 0 Å². The van der Waals surface area contributed by atoms with Crippen LogP contribution < -0.4 is 5.32 Å². The zero-order valence-corrected chi connectivity index (χ0v) is 20.0. The van der Waals surface area contributed by atoms with Gasteiger partial charge in [-0.3, -0.25) is 4.79 Å². The molecule has 0 radical (unpaired) electrons. The van der Waals surface area contributed by atoms with Crippen molar-refractivity contribution >= 4 is 40.0 Å². The Labute approximate surface area is 199 Å². The lowest BCUT2D eigenvalue weighted by Gasteiger charge is -2.08. The van der Waals surface area contributed by atoms with Crippen molar-refractivity contribution in [3.8, 4) is 22.5 Å². The van der Waals surface area contributed by atoms with Gasteiger partial charge in [0.25, 0.3) is 0 Å². The van der Waals surface area contributed by atoms with Crippen molar-refractivity contribution in [1.82, 2.24) is 14.8 Å². The van der Waals surface area contributed by atoms with E-state index in [4.69, 9.17) is 4.74 Å². The normalized spacial score (nSPS) is 10.8. The number of amides is 1. The van der Waals surface area contributed by atoms with Gasteiger partial charge in [0.2, 0.25) is 5.91 Å². The van der Waals surface area contributed by atoms with Gasteiger partial charge in [0, 0.05) is 23.6 Å². The van der Waals surface area contributed by atoms with Gasteiger partial charge >= 0.3 is 5.97 Å². The predicted molar refractivity (Wildman–Crippen MR) is 132 cm³/mol. The minimum Gasteiger partial charge on any atom is -0.465 e. The molecule has 4 rings (SSSR count). The summed E-state index contributed by atoms with van der Waals surface area (Å²) in [6.45, 7) is 2.02. The number of aryl methyl sites for hydroxylation is 1. The first-order valence-electron chi connectivity index (χ1n) is 10.1. The molecule has 168 valence electrons. The molecule has 4 aromatic rings. The third-order valence-corrected chi connectivity index (χ3v) is 6.88. The van der Waals surface area contributed by atoms with E-state index < -0.39 is 5.97 Å². The number of ether oxygens (including phenoxy) is 1. The molecule has 1 amide bonds. The molecule has 0 fully saturated rings. The third-order valence-electron chi connectivity index (χ3n) is 4.96. The van der Waals surface area contributed by atoms with Crippen LogP contribution >= 0.6 is 23.1 Å². The molecule has 2 aromatic heterocycles. The number of thioether (sulfide) groups is 1. The van der Waals surface area contributed by atoms with Crippen molar-refractivity contribution in [3.63, 3.8) is 0 Å². The van der Waals surface area contributed by atoms with Crippen LogP contribution in [0.1, 0.15) is 15.9 Å². The van der Waals surface area contributed by atoms with Gasteiger partial charge < -0.3 is 14.6 Å². The second-order valence-corrected chi connectivity index (χ2v) is 9.10. The van der Waals surface area contributed by atoms with Crippen molar-refractivity contribution in [2.75, 3.05) is 18.2 Å². The molecule has 0 atom stereocenters. The maximum Gasteiger partial charge on any atom is 0.341 e. The standard InChI is InChI=1S/C24H22N4O3S2/c1-15-8-7-11-17(12-15)21-26-27-24(28(21)2)33-14-19(29)25-22-20(23(30)31-3)18(13-32-22)16-9-5-4-6-10-16/h4-13H,14H2,1-3H3,(H,25,29). The summed E-state index contributed by atoms with van der Waals surface area (Å²) in [5.41, 5.74) is 4.07. The number of rotatable bonds is 7. The summed E-state index contributed by atoms with van der Waals surface area (Å²) >= 11 is 2.58. The minimum atomic E-state index is -0.492. The summed E-state index contributed by atoms with van der Waals surface area (Å²) in [6.07, 6.45) is 0. The zero-order chi connectivity index (χ0) is 23.4. The van der Waals surface area contributed by atoms with Crippen molar-refractivity contribution in [1.29, 1.82) is 0 Å². The number of methoxy groups -OCH3 is 1. The number of hydrogen-bond donors (Lipinski definition) is 1. The number of hydrogen-bond acceptors (Lipinski definition) is 7. The lowest BCUT2D eigenvalue weighted by atomic mass is 10.0. The van der Waals surface area contributed by atoms with E-state index >= 15 is 0 Å². The Morgan fingerprint density at radius 3 is 2.58 bits per heavy atom. The average molecular weight is 479 g/mol. The van der Waals surface area contributed by atoms with Crippen molar-refractivity contribution < 1.29 is 14.3 Å². The minimum absolute atomic E-state index is 0.124. The lowest BCUT2D eigenvalue weighted by molar-refractivity contribution is -0.113. The van der Waals surface area contributed by atoms with E-state index in [0.29, 0.717) is 15.7 Å². The summed E-state index contributed by atoms with van der Waals surface area (Å²) in [5.74, 6) is 0.125. The summed E-state index contributed by atoms with van der Waals surface area (Å²) in [6, 6.07) is 17.5. The fraction of sp³-hybridized carbons (Fsp3) is 0.167. The molecule has 0 bridgehead atoms. The van der Waals surface area contributed by atoms with Gasteiger partial charge in [0.05, 0.1) is 12.9 Å². The van der Waals surface area contributed by atoms with Crippen molar-refractivity contribution in [2.45, 2.75) is 12.1 Å². The van der Waals surface area contributed by atoms with E-state index in [2.05, 4.69) is 15.5 Å². The number of anilines is 1. The predicted octanol–water partition coefficient (Wildman–Crippen LogP) is 5.04. The highest BCUT2D eigenvalue weighted by Crippen LogP contribution is 2.36. The molecular formula is C24H22N4O3S2. The van der Waals surface area contributed by atoms with Gasteiger partial charge in [-0.05, 0) is 18.6 Å². The number of carbonyl (C=O) groups is 2. The van der Waals surface area contributed by atoms with Crippen LogP contribution in [-0.2, 0) is 16.6 Å². The Kier molecular flexibility index (Phi) is 6.90. The fourth-order valence-corrected chi connectivity index (χ4v) is 5.04. The number of aromatic nitrogens is 3. The Morgan fingerprint density at radius 2 is 1.85 bits per heavy atom. The van der Waals surface area contributed by atoms with Gasteiger partial charge in [-0.1, -0.05) is 65.9 Å². The molecule has 7 nitrogen and oxygen atoms in total. The Morgan fingerprint density at radius 1 is 1.09 bits per heavy atom. The van der Waals surface area contributed by atoms with Gasteiger partial charge in [0.15, 0.2) is 11.0 Å². The monoisotopic (exact) mass is 478 g/mol. The number of thiophene rings is 1. The number of benzene rings is 2. The fourth-order valence-electron chi connectivity index (χ4n) is 3.35. The first kappa shape index (κ1) is 22.8. The molecule has 2 aromatic carbocycles. The first-order chi connectivity index (χ1) is 16.0. The molecule has 0 saturated carbocycles. The van der Waals surface area contributed by atoms with Gasteiger partial charge in [-0.25, -0.2) is 4.79 Å². The molecule has 0 aliphatic carbocycles. The van der Waals surface area contributed by atoms with Gasteiger partial charge in [-0.15, -0.1) is 21.5 Å². The molecule has 0 spiro atoms. The molecule has 9 heteroatoms. The molecule has 0 unspecified atom stereocenters. The first-order valence-corrected chi connectivity index (χ1v) is 12.0. The molecule has 0 aliphatic heterocycles. The van der Waals surface area contributed by atoms with E-state index in [-0.39, 0.29) is 11.7 Å². The van der Waals surface area contributed by atoms with E-state index in [1.807, 2.05) is 78.5 Å². The quantitative estimate of drug-likeness (QED) is 0.296. The van der Waals surface area contributed by atoms with Gasteiger partial charge in [0.1, 0.15) is 10.6 Å². The van der Waals surface area contributed by atoms with E-state index in [1.54, 1.807) is 0 Å². The summed E-state index contributed by atoms with van der Waals surface area (Å²) in [7, 11) is 3.20. The second-order valence-electron chi connectivity index (χ2n) is 7.28. The highest BCUT2D eigenvalue weighted by Gasteiger charge is 2.22. The molecule has 0 aliphatic rings. The number of nitrogens with one attached hydrogen (secondary N) is 1.